The molecule has 1 aromatic carbocycles. The van der Waals surface area contributed by atoms with Gasteiger partial charge in [0.25, 0.3) is 0 Å². The summed E-state index contributed by atoms with van der Waals surface area (Å²) in [6.07, 6.45) is 6.68. The van der Waals surface area contributed by atoms with Crippen molar-refractivity contribution in [2.45, 2.75) is 70.9 Å². The first-order chi connectivity index (χ1) is 21.4. The fourth-order valence-electron chi connectivity index (χ4n) is 5.35. The number of rotatable bonds is 19. The van der Waals surface area contributed by atoms with Crippen LogP contribution in [-0.4, -0.2) is 90.0 Å². The summed E-state index contributed by atoms with van der Waals surface area (Å²) >= 11 is 0. The van der Waals surface area contributed by atoms with Gasteiger partial charge < -0.3 is 30.1 Å². The van der Waals surface area contributed by atoms with E-state index in [1.165, 1.54) is 12.7 Å². The molecule has 0 spiro atoms. The van der Waals surface area contributed by atoms with Crippen LogP contribution in [-0.2, 0) is 22.3 Å². The Morgan fingerprint density at radius 1 is 1.05 bits per heavy atom. The third-order valence-corrected chi connectivity index (χ3v) is 7.65. The van der Waals surface area contributed by atoms with Crippen LogP contribution < -0.4 is 10.6 Å². The van der Waals surface area contributed by atoms with Crippen LogP contribution in [0.3, 0.4) is 0 Å². The molecule has 1 unspecified atom stereocenters. The molecule has 240 valence electrons. The lowest BCUT2D eigenvalue weighted by atomic mass is 10.1. The highest BCUT2D eigenvalue weighted by molar-refractivity contribution is 5.59. The minimum absolute atomic E-state index is 0.0478. The maximum Gasteiger partial charge on any atom is 0.174 e. The molecular formula is C34H49FN6O3. The van der Waals surface area contributed by atoms with E-state index in [2.05, 4.69) is 32.7 Å². The molecule has 44 heavy (non-hydrogen) atoms. The van der Waals surface area contributed by atoms with Crippen LogP contribution in [0.25, 0.3) is 11.3 Å². The largest absolute Gasteiger partial charge is 0.382 e. The first-order valence-corrected chi connectivity index (χ1v) is 15.9. The average Bonchev–Trinajstić information content (AvgIpc) is 3.04. The number of aliphatic hydroxyl groups excluding tert-OH is 1. The van der Waals surface area contributed by atoms with Crippen LogP contribution in [0.4, 0.5) is 16.0 Å². The maximum absolute atomic E-state index is 14.7. The van der Waals surface area contributed by atoms with E-state index in [0.717, 1.165) is 68.0 Å². The highest BCUT2D eigenvalue weighted by Crippen LogP contribution is 2.21. The van der Waals surface area contributed by atoms with Gasteiger partial charge in [-0.1, -0.05) is 50.2 Å². The minimum atomic E-state index is -1.10. The third kappa shape index (κ3) is 11.1. The molecule has 1 aliphatic heterocycles. The normalized spacial score (nSPS) is 15.1. The monoisotopic (exact) mass is 608 g/mol. The van der Waals surface area contributed by atoms with Crippen molar-refractivity contribution in [1.29, 1.82) is 0 Å². The van der Waals surface area contributed by atoms with E-state index < -0.39 is 18.5 Å². The number of nitrogens with one attached hydrogen (secondary N) is 2. The van der Waals surface area contributed by atoms with Crippen molar-refractivity contribution in [1.82, 2.24) is 19.9 Å². The van der Waals surface area contributed by atoms with E-state index in [1.54, 1.807) is 12.4 Å². The minimum Gasteiger partial charge on any atom is -0.382 e. The molecule has 0 saturated carbocycles. The summed E-state index contributed by atoms with van der Waals surface area (Å²) in [5.41, 5.74) is 4.06. The SMILES string of the molecule is COC[C@@H](F)CN(CCCCc1ccc2c(n1)NCCC2)CC[C@H](Nc1cncc(-c2ccccc2)n1)C(O)OCC(C)C. The van der Waals surface area contributed by atoms with Gasteiger partial charge in [0.05, 0.1) is 37.3 Å². The van der Waals surface area contributed by atoms with Crippen LogP contribution in [0.1, 0.15) is 50.8 Å². The predicted molar refractivity (Wildman–Crippen MR) is 173 cm³/mol. The number of hydrogen-bond acceptors (Lipinski definition) is 9. The first kappa shape index (κ1) is 33.7. The molecule has 0 aliphatic carbocycles. The molecule has 3 aromatic rings. The van der Waals surface area contributed by atoms with Crippen molar-refractivity contribution in [2.75, 3.05) is 57.1 Å². The van der Waals surface area contributed by atoms with Crippen molar-refractivity contribution in [3.63, 3.8) is 0 Å². The van der Waals surface area contributed by atoms with Crippen LogP contribution >= 0.6 is 0 Å². The first-order valence-electron chi connectivity index (χ1n) is 15.9. The van der Waals surface area contributed by atoms with E-state index in [0.29, 0.717) is 25.4 Å². The van der Waals surface area contributed by atoms with E-state index in [4.69, 9.17) is 19.4 Å². The summed E-state index contributed by atoms with van der Waals surface area (Å²) in [6.45, 7) is 7.08. The molecule has 3 heterocycles. The van der Waals surface area contributed by atoms with Crippen LogP contribution in [0, 0.1) is 5.92 Å². The van der Waals surface area contributed by atoms with Crippen molar-refractivity contribution < 1.29 is 19.0 Å². The summed E-state index contributed by atoms with van der Waals surface area (Å²) in [7, 11) is 1.52. The fraction of sp³-hybridized carbons (Fsp3) is 0.559. The molecule has 0 fully saturated rings. The topological polar surface area (TPSA) is 105 Å². The number of hydrogen-bond donors (Lipinski definition) is 3. The van der Waals surface area contributed by atoms with Crippen molar-refractivity contribution in [3.8, 4) is 11.3 Å². The summed E-state index contributed by atoms with van der Waals surface area (Å²) < 4.78 is 25.6. The number of pyridine rings is 1. The lowest BCUT2D eigenvalue weighted by Crippen LogP contribution is -2.41. The second kappa shape index (κ2) is 17.9. The zero-order valence-electron chi connectivity index (χ0n) is 26.4. The van der Waals surface area contributed by atoms with Gasteiger partial charge in [-0.15, -0.1) is 0 Å². The molecule has 3 N–H and O–H groups in total. The lowest BCUT2D eigenvalue weighted by Gasteiger charge is -2.29. The van der Waals surface area contributed by atoms with Gasteiger partial charge in [-0.3, -0.25) is 4.98 Å². The molecule has 0 bridgehead atoms. The molecule has 0 amide bonds. The van der Waals surface area contributed by atoms with Gasteiger partial charge in [-0.2, -0.15) is 0 Å². The second-order valence-corrected chi connectivity index (χ2v) is 12.0. The quantitative estimate of drug-likeness (QED) is 0.122. The van der Waals surface area contributed by atoms with Gasteiger partial charge >= 0.3 is 0 Å². The Kier molecular flexibility index (Phi) is 13.8. The number of aromatic nitrogens is 3. The number of anilines is 2. The van der Waals surface area contributed by atoms with Crippen molar-refractivity contribution >= 4 is 11.6 Å². The van der Waals surface area contributed by atoms with Gasteiger partial charge in [0.15, 0.2) is 6.29 Å². The Hall–Kier alpha value is -3.18. The molecule has 9 nitrogen and oxygen atoms in total. The highest BCUT2D eigenvalue weighted by Gasteiger charge is 2.23. The molecule has 1 aliphatic rings. The van der Waals surface area contributed by atoms with Gasteiger partial charge in [0, 0.05) is 38.0 Å². The summed E-state index contributed by atoms with van der Waals surface area (Å²) in [5, 5.41) is 17.8. The average molecular weight is 609 g/mol. The molecule has 0 saturated heterocycles. The van der Waals surface area contributed by atoms with E-state index in [-0.39, 0.29) is 19.1 Å². The van der Waals surface area contributed by atoms with Crippen LogP contribution in [0.2, 0.25) is 0 Å². The number of aryl methyl sites for hydroxylation is 2. The standard InChI is InChI=1S/C34H49FN6O3/c1-25(2)23-44-34(42)30(39-32-21-36-20-31(40-32)26-10-5-4-6-11-26)16-19-41(22-28(35)24-43-3)18-8-7-13-29-15-14-27-12-9-17-37-33(27)38-29/h4-6,10-11,14-15,20-21,25,28,30,34,42H,7-9,12-13,16-19,22-24H2,1-3H3,(H,37,38)(H,39,40)/t28-,30-,34?/m0/s1. The molecule has 4 rings (SSSR count). The summed E-state index contributed by atoms with van der Waals surface area (Å²) in [6, 6.07) is 13.7. The predicted octanol–water partition coefficient (Wildman–Crippen LogP) is 5.37. The number of alkyl halides is 1. The van der Waals surface area contributed by atoms with E-state index in [1.807, 2.05) is 44.2 Å². The number of unbranched alkanes of at least 4 members (excludes halogenated alkanes) is 1. The van der Waals surface area contributed by atoms with Gasteiger partial charge in [-0.25, -0.2) is 14.4 Å². The maximum atomic E-state index is 14.7. The molecular weight excluding hydrogens is 559 g/mol. The zero-order chi connectivity index (χ0) is 31.1. The number of ether oxygens (including phenoxy) is 2. The Labute approximate surface area is 261 Å². The van der Waals surface area contributed by atoms with E-state index in [9.17, 15) is 9.50 Å². The van der Waals surface area contributed by atoms with Gasteiger partial charge in [0.1, 0.15) is 17.8 Å². The number of benzene rings is 1. The Bertz CT molecular complexity index is 1250. The Morgan fingerprint density at radius 2 is 1.89 bits per heavy atom. The fourth-order valence-corrected chi connectivity index (χ4v) is 5.35. The van der Waals surface area contributed by atoms with E-state index >= 15 is 0 Å². The summed E-state index contributed by atoms with van der Waals surface area (Å²) in [4.78, 5) is 16.0. The van der Waals surface area contributed by atoms with Crippen LogP contribution in [0.15, 0.2) is 54.9 Å². The smallest absolute Gasteiger partial charge is 0.174 e. The molecule has 2 aromatic heterocycles. The molecule has 0 radical (unpaired) electrons. The number of fused-ring (bicyclic) bond motifs is 1. The lowest BCUT2D eigenvalue weighted by molar-refractivity contribution is -0.118. The number of methoxy groups -OCH3 is 1. The van der Waals surface area contributed by atoms with Crippen molar-refractivity contribution in [3.05, 3.63) is 66.1 Å². The molecule has 10 heteroatoms. The number of aliphatic hydroxyl groups is 1. The number of halogens is 1. The number of nitrogens with zero attached hydrogens (tertiary/aromatic N) is 4. The highest BCUT2D eigenvalue weighted by atomic mass is 19.1. The Balaban J connectivity index is 1.38. The van der Waals surface area contributed by atoms with Gasteiger partial charge in [0.2, 0.25) is 0 Å². The van der Waals surface area contributed by atoms with Gasteiger partial charge in [-0.05, 0) is 62.6 Å². The van der Waals surface area contributed by atoms with Crippen molar-refractivity contribution in [2.24, 2.45) is 5.92 Å². The zero-order valence-corrected chi connectivity index (χ0v) is 26.4. The second-order valence-electron chi connectivity index (χ2n) is 12.0. The Morgan fingerprint density at radius 3 is 2.68 bits per heavy atom. The molecule has 3 atom stereocenters. The summed E-state index contributed by atoms with van der Waals surface area (Å²) in [5.74, 6) is 1.83. The van der Waals surface area contributed by atoms with Crippen LogP contribution in [0.5, 0.6) is 0 Å². The third-order valence-electron chi connectivity index (χ3n) is 7.65.